The molecule has 0 atom stereocenters. The molecule has 1 saturated heterocycles. The maximum atomic E-state index is 11.6. The summed E-state index contributed by atoms with van der Waals surface area (Å²) in [4.78, 5) is 8.91. The molecule has 0 spiro atoms. The van der Waals surface area contributed by atoms with E-state index in [1.807, 2.05) is 0 Å². The van der Waals surface area contributed by atoms with Crippen molar-refractivity contribution in [2.75, 3.05) is 56.2 Å². The number of aliphatic imine (C=N–C) groups is 1. The van der Waals surface area contributed by atoms with Gasteiger partial charge in [0.1, 0.15) is 0 Å². The third kappa shape index (κ3) is 5.11. The minimum Gasteiger partial charge on any atom is -0.368 e. The van der Waals surface area contributed by atoms with Gasteiger partial charge in [0, 0.05) is 51.2 Å². The average Bonchev–Trinajstić information content (AvgIpc) is 2.61. The minimum atomic E-state index is -2.95. The van der Waals surface area contributed by atoms with Gasteiger partial charge in [-0.25, -0.2) is 8.42 Å². The van der Waals surface area contributed by atoms with Crippen molar-refractivity contribution in [3.63, 3.8) is 0 Å². The fourth-order valence-electron chi connectivity index (χ4n) is 3.03. The normalized spacial score (nSPS) is 16.2. The summed E-state index contributed by atoms with van der Waals surface area (Å²) < 4.78 is 23.2. The maximum Gasteiger partial charge on any atom is 0.193 e. The van der Waals surface area contributed by atoms with E-state index >= 15 is 0 Å². The number of piperazine rings is 1. The van der Waals surface area contributed by atoms with E-state index in [9.17, 15) is 8.42 Å². The molecule has 0 amide bonds. The van der Waals surface area contributed by atoms with Crippen LogP contribution in [0.1, 0.15) is 18.1 Å². The highest BCUT2D eigenvalue weighted by atomic mass is 32.2. The largest absolute Gasteiger partial charge is 0.368 e. The molecule has 0 saturated carbocycles. The molecule has 1 aromatic carbocycles. The first-order valence-corrected chi connectivity index (χ1v) is 10.7. The summed E-state index contributed by atoms with van der Waals surface area (Å²) in [5, 5.41) is 3.18. The van der Waals surface area contributed by atoms with E-state index in [0.717, 1.165) is 32.1 Å². The summed E-state index contributed by atoms with van der Waals surface area (Å²) in [6.07, 6.45) is 0. The quantitative estimate of drug-likeness (QED) is 0.631. The molecule has 1 aliphatic rings. The third-order valence-corrected chi connectivity index (χ3v) is 6.55. The van der Waals surface area contributed by atoms with E-state index in [4.69, 9.17) is 0 Å². The number of sulfone groups is 1. The molecule has 1 heterocycles. The van der Waals surface area contributed by atoms with Crippen molar-refractivity contribution in [3.05, 3.63) is 29.3 Å². The van der Waals surface area contributed by atoms with Gasteiger partial charge in [0.25, 0.3) is 0 Å². The van der Waals surface area contributed by atoms with E-state index in [1.165, 1.54) is 16.8 Å². The summed E-state index contributed by atoms with van der Waals surface area (Å²) >= 11 is 0. The lowest BCUT2D eigenvalue weighted by Crippen LogP contribution is -2.53. The van der Waals surface area contributed by atoms with Gasteiger partial charge in [-0.15, -0.1) is 0 Å². The van der Waals surface area contributed by atoms with Crippen LogP contribution in [-0.4, -0.2) is 70.6 Å². The fraction of sp³-hybridized carbons (Fsp3) is 0.611. The Morgan fingerprint density at radius 1 is 1.20 bits per heavy atom. The van der Waals surface area contributed by atoms with Crippen molar-refractivity contribution < 1.29 is 8.42 Å². The van der Waals surface area contributed by atoms with Crippen molar-refractivity contribution >= 4 is 21.5 Å². The molecule has 7 heteroatoms. The van der Waals surface area contributed by atoms with Crippen molar-refractivity contribution in [1.82, 2.24) is 10.2 Å². The molecule has 25 heavy (non-hydrogen) atoms. The topological polar surface area (TPSA) is 65.0 Å². The Kier molecular flexibility index (Phi) is 6.70. The Morgan fingerprint density at radius 2 is 1.88 bits per heavy atom. The molecule has 1 aromatic rings. The minimum absolute atomic E-state index is 0.144. The highest BCUT2D eigenvalue weighted by Crippen LogP contribution is 2.23. The van der Waals surface area contributed by atoms with Gasteiger partial charge in [-0.1, -0.05) is 19.1 Å². The van der Waals surface area contributed by atoms with Crippen LogP contribution in [0.5, 0.6) is 0 Å². The number of hydrogen-bond acceptors (Lipinski definition) is 4. The Hall–Kier alpha value is -1.76. The second-order valence-corrected chi connectivity index (χ2v) is 8.88. The van der Waals surface area contributed by atoms with E-state index in [0.29, 0.717) is 6.54 Å². The molecule has 6 nitrogen and oxygen atoms in total. The zero-order valence-electron chi connectivity index (χ0n) is 15.7. The van der Waals surface area contributed by atoms with Gasteiger partial charge in [-0.05, 0) is 31.0 Å². The second kappa shape index (κ2) is 8.56. The van der Waals surface area contributed by atoms with Crippen LogP contribution in [0.25, 0.3) is 0 Å². The summed E-state index contributed by atoms with van der Waals surface area (Å²) in [7, 11) is -1.21. The van der Waals surface area contributed by atoms with Crippen LogP contribution in [0, 0.1) is 13.8 Å². The fourth-order valence-corrected chi connectivity index (χ4v) is 3.73. The number of aryl methyl sites for hydroxylation is 1. The predicted molar refractivity (Wildman–Crippen MR) is 105 cm³/mol. The molecule has 1 aliphatic heterocycles. The number of anilines is 1. The number of guanidine groups is 1. The van der Waals surface area contributed by atoms with Crippen LogP contribution >= 0.6 is 0 Å². The van der Waals surface area contributed by atoms with E-state index in [2.05, 4.69) is 52.2 Å². The average molecular weight is 367 g/mol. The summed E-state index contributed by atoms with van der Waals surface area (Å²) in [6.45, 7) is 9.99. The van der Waals surface area contributed by atoms with Gasteiger partial charge in [-0.3, -0.25) is 4.99 Å². The number of hydrogen-bond donors (Lipinski definition) is 1. The molecule has 1 fully saturated rings. The number of benzene rings is 1. The van der Waals surface area contributed by atoms with Crippen LogP contribution in [-0.2, 0) is 9.84 Å². The summed E-state index contributed by atoms with van der Waals surface area (Å²) in [5.74, 6) is 1.11. The lowest BCUT2D eigenvalue weighted by Gasteiger charge is -2.38. The molecule has 0 bridgehead atoms. The lowest BCUT2D eigenvalue weighted by atomic mass is 10.1. The molecule has 0 aliphatic carbocycles. The first-order chi connectivity index (χ1) is 11.9. The molecule has 1 N–H and O–H groups in total. The van der Waals surface area contributed by atoms with E-state index in [-0.39, 0.29) is 11.5 Å². The summed E-state index contributed by atoms with van der Waals surface area (Å²) in [5.41, 5.74) is 3.95. The van der Waals surface area contributed by atoms with E-state index < -0.39 is 9.84 Å². The van der Waals surface area contributed by atoms with Gasteiger partial charge in [0.2, 0.25) is 0 Å². The van der Waals surface area contributed by atoms with Crippen LogP contribution in [0.2, 0.25) is 0 Å². The lowest BCUT2D eigenvalue weighted by molar-refractivity contribution is 0.373. The maximum absolute atomic E-state index is 11.6. The van der Waals surface area contributed by atoms with Crippen molar-refractivity contribution in [2.24, 2.45) is 4.99 Å². The SMILES string of the molecule is CCS(=O)(=O)CCNC(=NC)N1CCN(c2cccc(C)c2C)CC1. The molecule has 2 rings (SSSR count). The second-order valence-electron chi connectivity index (χ2n) is 6.40. The van der Waals surface area contributed by atoms with Gasteiger partial charge in [0.15, 0.2) is 15.8 Å². The highest BCUT2D eigenvalue weighted by molar-refractivity contribution is 7.91. The molecular formula is C18H30N4O2S. The van der Waals surface area contributed by atoms with Crippen molar-refractivity contribution in [2.45, 2.75) is 20.8 Å². The molecular weight excluding hydrogens is 336 g/mol. The smallest absolute Gasteiger partial charge is 0.193 e. The molecule has 0 unspecified atom stereocenters. The van der Waals surface area contributed by atoms with Gasteiger partial charge >= 0.3 is 0 Å². The van der Waals surface area contributed by atoms with Crippen molar-refractivity contribution in [3.8, 4) is 0 Å². The number of rotatable bonds is 5. The highest BCUT2D eigenvalue weighted by Gasteiger charge is 2.21. The Bertz CT molecular complexity index is 708. The first kappa shape index (κ1) is 19.6. The third-order valence-electron chi connectivity index (χ3n) is 4.84. The Balaban J connectivity index is 1.91. The van der Waals surface area contributed by atoms with Crippen LogP contribution in [0.15, 0.2) is 23.2 Å². The first-order valence-electron chi connectivity index (χ1n) is 8.85. The molecule has 0 aromatic heterocycles. The van der Waals surface area contributed by atoms with Crippen molar-refractivity contribution in [1.29, 1.82) is 0 Å². The van der Waals surface area contributed by atoms with Crippen LogP contribution in [0.3, 0.4) is 0 Å². The van der Waals surface area contributed by atoms with Crippen LogP contribution < -0.4 is 10.2 Å². The van der Waals surface area contributed by atoms with E-state index in [1.54, 1.807) is 14.0 Å². The molecule has 0 radical (unpaired) electrons. The number of nitrogens with zero attached hydrogens (tertiary/aromatic N) is 3. The molecule has 140 valence electrons. The van der Waals surface area contributed by atoms with Gasteiger partial charge in [0.05, 0.1) is 5.75 Å². The summed E-state index contributed by atoms with van der Waals surface area (Å²) in [6, 6.07) is 6.44. The standard InChI is InChI=1S/C18H30N4O2S/c1-5-25(23,24)14-9-20-18(19-4)22-12-10-21(11-13-22)17-8-6-7-15(2)16(17)3/h6-8H,5,9-14H2,1-4H3,(H,19,20). The van der Waals surface area contributed by atoms with Gasteiger partial charge < -0.3 is 15.1 Å². The number of nitrogens with one attached hydrogen (secondary N) is 1. The zero-order chi connectivity index (χ0) is 18.4. The van der Waals surface area contributed by atoms with Crippen LogP contribution in [0.4, 0.5) is 5.69 Å². The Morgan fingerprint density at radius 3 is 2.48 bits per heavy atom. The predicted octanol–water partition coefficient (Wildman–Crippen LogP) is 1.44. The van der Waals surface area contributed by atoms with Gasteiger partial charge in [-0.2, -0.15) is 0 Å². The monoisotopic (exact) mass is 366 g/mol. The zero-order valence-corrected chi connectivity index (χ0v) is 16.6. The Labute approximate surface area is 151 Å².